The van der Waals surface area contributed by atoms with Crippen LogP contribution in [0.5, 0.6) is 0 Å². The first-order valence-corrected chi connectivity index (χ1v) is 13.0. The summed E-state index contributed by atoms with van der Waals surface area (Å²) in [5.74, 6) is 1.64. The Kier molecular flexibility index (Phi) is 7.04. The Bertz CT molecular complexity index is 1400. The van der Waals surface area contributed by atoms with Crippen LogP contribution in [0.25, 0.3) is 34.1 Å². The highest BCUT2D eigenvalue weighted by Gasteiger charge is 2.26. The molecule has 37 heavy (non-hydrogen) atoms. The zero-order chi connectivity index (χ0) is 25.9. The number of anilines is 1. The largest absolute Gasteiger partial charge is 0.372 e. The summed E-state index contributed by atoms with van der Waals surface area (Å²) in [6.07, 6.45) is 8.41. The first-order valence-electron chi connectivity index (χ1n) is 13.0. The van der Waals surface area contributed by atoms with Crippen molar-refractivity contribution < 1.29 is 4.79 Å². The third-order valence-corrected chi connectivity index (χ3v) is 7.25. The first kappa shape index (κ1) is 24.7. The smallest absolute Gasteiger partial charge is 0.225 e. The van der Waals surface area contributed by atoms with Crippen LogP contribution in [0.3, 0.4) is 0 Å². The fourth-order valence-corrected chi connectivity index (χ4v) is 5.20. The standard InChI is InChI=1S/C30H34N6O/c1-5-24-27(17-21-13-15-35(16-14-21)30(37)20(2)3)34-29-25(19-33-36(29)28(24)31-4)23-11-12-26(32-18-23)22-9-7-6-8-10-22/h5-12,18-21,31H,1,13-17H2,2-4H3. The zero-order valence-electron chi connectivity index (χ0n) is 21.8. The van der Waals surface area contributed by atoms with Crippen LogP contribution in [0.15, 0.2) is 61.4 Å². The highest BCUT2D eigenvalue weighted by Crippen LogP contribution is 2.32. The minimum atomic E-state index is 0.0442. The van der Waals surface area contributed by atoms with Gasteiger partial charge in [0.1, 0.15) is 5.82 Å². The molecule has 1 aliphatic heterocycles. The van der Waals surface area contributed by atoms with Gasteiger partial charge in [0.15, 0.2) is 5.65 Å². The van der Waals surface area contributed by atoms with Crippen LogP contribution >= 0.6 is 0 Å². The molecule has 1 N–H and O–H groups in total. The van der Waals surface area contributed by atoms with E-state index in [1.165, 1.54) is 0 Å². The number of likely N-dealkylation sites (tertiary alicyclic amines) is 1. The molecular formula is C30H34N6O. The predicted octanol–water partition coefficient (Wildman–Crippen LogP) is 5.58. The lowest BCUT2D eigenvalue weighted by molar-refractivity contribution is -0.135. The van der Waals surface area contributed by atoms with E-state index in [0.29, 0.717) is 5.92 Å². The number of hydrogen-bond acceptors (Lipinski definition) is 5. The fourth-order valence-electron chi connectivity index (χ4n) is 5.20. The Morgan fingerprint density at radius 2 is 1.86 bits per heavy atom. The monoisotopic (exact) mass is 494 g/mol. The average Bonchev–Trinajstić information content (AvgIpc) is 3.36. The number of fused-ring (bicyclic) bond motifs is 1. The number of amides is 1. The van der Waals surface area contributed by atoms with Crippen LogP contribution in [0.4, 0.5) is 5.82 Å². The van der Waals surface area contributed by atoms with E-state index in [1.54, 1.807) is 0 Å². The van der Waals surface area contributed by atoms with Gasteiger partial charge in [-0.3, -0.25) is 9.78 Å². The number of benzene rings is 1. The predicted molar refractivity (Wildman–Crippen MR) is 149 cm³/mol. The lowest BCUT2D eigenvalue weighted by atomic mass is 9.90. The molecule has 1 saturated heterocycles. The van der Waals surface area contributed by atoms with Gasteiger partial charge in [0, 0.05) is 54.5 Å². The molecule has 0 radical (unpaired) electrons. The third kappa shape index (κ3) is 4.86. The minimum absolute atomic E-state index is 0.0442. The Morgan fingerprint density at radius 3 is 2.49 bits per heavy atom. The number of nitrogens with one attached hydrogen (secondary N) is 1. The Morgan fingerprint density at radius 1 is 1.11 bits per heavy atom. The van der Waals surface area contributed by atoms with Crippen LogP contribution in [0.2, 0.25) is 0 Å². The van der Waals surface area contributed by atoms with Gasteiger partial charge in [0.2, 0.25) is 5.91 Å². The number of piperidine rings is 1. The van der Waals surface area contributed by atoms with Gasteiger partial charge >= 0.3 is 0 Å². The first-order chi connectivity index (χ1) is 18.0. The maximum Gasteiger partial charge on any atom is 0.225 e. The second-order valence-corrected chi connectivity index (χ2v) is 9.99. The lowest BCUT2D eigenvalue weighted by Gasteiger charge is -2.33. The van der Waals surface area contributed by atoms with E-state index in [9.17, 15) is 4.79 Å². The summed E-state index contributed by atoms with van der Waals surface area (Å²) in [6.45, 7) is 9.63. The number of carbonyl (C=O) groups is 1. The Balaban J connectivity index is 1.45. The van der Waals surface area contributed by atoms with E-state index in [-0.39, 0.29) is 11.8 Å². The van der Waals surface area contributed by atoms with Gasteiger partial charge in [-0.05, 0) is 31.2 Å². The van der Waals surface area contributed by atoms with E-state index in [2.05, 4.69) is 35.2 Å². The Labute approximate surface area is 218 Å². The minimum Gasteiger partial charge on any atom is -0.372 e. The molecule has 190 valence electrons. The summed E-state index contributed by atoms with van der Waals surface area (Å²) in [4.78, 5) is 24.3. The van der Waals surface area contributed by atoms with E-state index in [1.807, 2.05) is 73.0 Å². The van der Waals surface area contributed by atoms with Crippen molar-refractivity contribution in [3.63, 3.8) is 0 Å². The van der Waals surface area contributed by atoms with E-state index >= 15 is 0 Å². The molecule has 4 aromatic rings. The average molecular weight is 495 g/mol. The van der Waals surface area contributed by atoms with Gasteiger partial charge in [-0.25, -0.2) is 4.98 Å². The number of carbonyl (C=O) groups excluding carboxylic acids is 1. The summed E-state index contributed by atoms with van der Waals surface area (Å²) in [6, 6.07) is 14.3. The van der Waals surface area contributed by atoms with Crippen molar-refractivity contribution in [2.75, 3.05) is 25.5 Å². The lowest BCUT2D eigenvalue weighted by Crippen LogP contribution is -2.41. The van der Waals surface area contributed by atoms with Crippen molar-refractivity contribution in [3.05, 3.63) is 72.7 Å². The molecule has 5 rings (SSSR count). The maximum absolute atomic E-state index is 12.4. The Hall–Kier alpha value is -4.00. The highest BCUT2D eigenvalue weighted by molar-refractivity contribution is 5.81. The van der Waals surface area contributed by atoms with Gasteiger partial charge in [-0.1, -0.05) is 62.9 Å². The van der Waals surface area contributed by atoms with E-state index in [0.717, 1.165) is 77.5 Å². The molecule has 7 nitrogen and oxygen atoms in total. The van der Waals surface area contributed by atoms with Gasteiger partial charge in [-0.15, -0.1) is 0 Å². The number of aromatic nitrogens is 4. The summed E-state index contributed by atoms with van der Waals surface area (Å²) in [7, 11) is 1.90. The van der Waals surface area contributed by atoms with Crippen LogP contribution in [-0.2, 0) is 11.2 Å². The quantitative estimate of drug-likeness (QED) is 0.363. The van der Waals surface area contributed by atoms with Crippen molar-refractivity contribution in [1.29, 1.82) is 0 Å². The highest BCUT2D eigenvalue weighted by atomic mass is 16.2. The number of pyridine rings is 1. The summed E-state index contributed by atoms with van der Waals surface area (Å²) in [5.41, 5.74) is 6.72. The molecule has 4 heterocycles. The fraction of sp³-hybridized carbons (Fsp3) is 0.333. The SMILES string of the molecule is C=Cc1c(CC2CCN(C(=O)C(C)C)CC2)nc2c(-c3ccc(-c4ccccc4)nc3)cnn2c1NC. The number of nitrogens with zero attached hydrogens (tertiary/aromatic N) is 5. The number of rotatable bonds is 7. The third-order valence-electron chi connectivity index (χ3n) is 7.25. The van der Waals surface area contributed by atoms with Crippen molar-refractivity contribution in [2.45, 2.75) is 33.1 Å². The molecule has 0 spiro atoms. The second-order valence-electron chi connectivity index (χ2n) is 9.99. The van der Waals surface area contributed by atoms with E-state index in [4.69, 9.17) is 9.97 Å². The second kappa shape index (κ2) is 10.5. The van der Waals surface area contributed by atoms with Crippen molar-refractivity contribution >= 4 is 23.4 Å². The van der Waals surface area contributed by atoms with E-state index < -0.39 is 0 Å². The summed E-state index contributed by atoms with van der Waals surface area (Å²) in [5, 5.41) is 7.98. The van der Waals surface area contributed by atoms with Crippen LogP contribution in [-0.4, -0.2) is 50.5 Å². The molecule has 7 heteroatoms. The molecule has 0 atom stereocenters. The van der Waals surface area contributed by atoms with Gasteiger partial charge in [-0.2, -0.15) is 9.61 Å². The molecule has 0 bridgehead atoms. The molecule has 1 aromatic carbocycles. The molecule has 3 aromatic heterocycles. The van der Waals surface area contributed by atoms with Crippen LogP contribution in [0, 0.1) is 11.8 Å². The molecular weight excluding hydrogens is 460 g/mol. The summed E-state index contributed by atoms with van der Waals surface area (Å²) >= 11 is 0. The molecule has 0 saturated carbocycles. The normalized spacial score (nSPS) is 14.3. The molecule has 0 unspecified atom stereocenters. The molecule has 1 amide bonds. The van der Waals surface area contributed by atoms with Crippen molar-refractivity contribution in [1.82, 2.24) is 24.5 Å². The van der Waals surface area contributed by atoms with Crippen LogP contribution in [0.1, 0.15) is 37.9 Å². The summed E-state index contributed by atoms with van der Waals surface area (Å²) < 4.78 is 1.85. The maximum atomic E-state index is 12.4. The van der Waals surface area contributed by atoms with Crippen LogP contribution < -0.4 is 5.32 Å². The number of hydrogen-bond donors (Lipinski definition) is 1. The van der Waals surface area contributed by atoms with Crippen molar-refractivity contribution in [3.8, 4) is 22.4 Å². The molecule has 1 aliphatic rings. The van der Waals surface area contributed by atoms with Crippen molar-refractivity contribution in [2.24, 2.45) is 11.8 Å². The zero-order valence-corrected chi connectivity index (χ0v) is 21.8. The van der Waals surface area contributed by atoms with Gasteiger partial charge in [0.05, 0.1) is 17.6 Å². The molecule has 1 fully saturated rings. The topological polar surface area (TPSA) is 75.4 Å². The van der Waals surface area contributed by atoms with Gasteiger partial charge < -0.3 is 10.2 Å². The van der Waals surface area contributed by atoms with Gasteiger partial charge in [0.25, 0.3) is 0 Å². The molecule has 0 aliphatic carbocycles.